The molecule has 4 heteroatoms. The molecule has 3 aromatic rings. The number of fused-ring (bicyclic) bond motifs is 1. The summed E-state index contributed by atoms with van der Waals surface area (Å²) in [5, 5.41) is 4.05. The normalized spacial score (nSPS) is 10.8. The zero-order chi connectivity index (χ0) is 11.0. The van der Waals surface area contributed by atoms with Gasteiger partial charge in [0.1, 0.15) is 11.8 Å². The number of aromatic nitrogens is 3. The molecule has 0 radical (unpaired) electrons. The summed E-state index contributed by atoms with van der Waals surface area (Å²) in [6.07, 6.45) is 3.18. The second-order valence-electron chi connectivity index (χ2n) is 3.51. The highest BCUT2D eigenvalue weighted by Gasteiger charge is 2.08. The molecule has 0 saturated heterocycles. The van der Waals surface area contributed by atoms with Crippen molar-refractivity contribution in [2.24, 2.45) is 0 Å². The van der Waals surface area contributed by atoms with Crippen molar-refractivity contribution in [2.75, 3.05) is 0 Å². The van der Waals surface area contributed by atoms with E-state index in [1.807, 2.05) is 36.4 Å². The molecule has 0 spiro atoms. The van der Waals surface area contributed by atoms with Crippen LogP contribution >= 0.6 is 0 Å². The van der Waals surface area contributed by atoms with Crippen LogP contribution in [0.4, 0.5) is 0 Å². The molecule has 0 aliphatic heterocycles. The van der Waals surface area contributed by atoms with Crippen LogP contribution in [0.25, 0.3) is 16.6 Å². The van der Waals surface area contributed by atoms with Crippen molar-refractivity contribution in [3.05, 3.63) is 59.3 Å². The summed E-state index contributed by atoms with van der Waals surface area (Å²) in [7, 11) is 0. The number of rotatable bonds is 1. The Morgan fingerprint density at radius 1 is 1.12 bits per heavy atom. The van der Waals surface area contributed by atoms with E-state index in [1.165, 1.54) is 6.33 Å². The van der Waals surface area contributed by atoms with Crippen LogP contribution in [-0.4, -0.2) is 14.6 Å². The largest absolute Gasteiger partial charge is 0.310 e. The Labute approximate surface area is 91.2 Å². The third-order valence-corrected chi connectivity index (χ3v) is 2.54. The number of H-pyrrole nitrogens is 1. The van der Waals surface area contributed by atoms with Gasteiger partial charge in [0.05, 0.1) is 0 Å². The fourth-order valence-electron chi connectivity index (χ4n) is 1.81. The predicted molar refractivity (Wildman–Crippen MR) is 61.2 cm³/mol. The second kappa shape index (κ2) is 3.34. The Morgan fingerprint density at radius 2 is 1.94 bits per heavy atom. The molecule has 16 heavy (non-hydrogen) atoms. The monoisotopic (exact) mass is 211 g/mol. The zero-order valence-corrected chi connectivity index (χ0v) is 8.42. The van der Waals surface area contributed by atoms with Gasteiger partial charge in [-0.05, 0) is 11.6 Å². The first-order chi connectivity index (χ1) is 7.86. The Balaban J connectivity index is 2.38. The van der Waals surface area contributed by atoms with Crippen LogP contribution < -0.4 is 5.56 Å². The van der Waals surface area contributed by atoms with E-state index in [0.717, 1.165) is 11.1 Å². The molecule has 3 rings (SSSR count). The number of nitrogens with zero attached hydrogens (tertiary/aromatic N) is 2. The molecule has 1 N–H and O–H groups in total. The van der Waals surface area contributed by atoms with E-state index < -0.39 is 0 Å². The Bertz CT molecular complexity index is 682. The third-order valence-electron chi connectivity index (χ3n) is 2.54. The van der Waals surface area contributed by atoms with Crippen molar-refractivity contribution in [3.8, 4) is 11.1 Å². The molecule has 78 valence electrons. The van der Waals surface area contributed by atoms with Crippen LogP contribution in [0.3, 0.4) is 0 Å². The van der Waals surface area contributed by atoms with Crippen LogP contribution in [0.1, 0.15) is 0 Å². The second-order valence-corrected chi connectivity index (χ2v) is 3.51. The van der Waals surface area contributed by atoms with E-state index in [-0.39, 0.29) is 5.56 Å². The van der Waals surface area contributed by atoms with Crippen molar-refractivity contribution in [2.45, 2.75) is 0 Å². The molecular formula is C12H9N3O. The van der Waals surface area contributed by atoms with Gasteiger partial charge in [-0.3, -0.25) is 4.79 Å². The SMILES string of the molecule is O=c1[nH]cnn2ccc(-c3ccccc3)c12. The summed E-state index contributed by atoms with van der Waals surface area (Å²) in [6, 6.07) is 11.7. The Kier molecular flexibility index (Phi) is 1.86. The molecule has 1 aromatic carbocycles. The molecule has 0 bridgehead atoms. The van der Waals surface area contributed by atoms with E-state index in [1.54, 1.807) is 10.7 Å². The minimum Gasteiger partial charge on any atom is -0.310 e. The maximum absolute atomic E-state index is 11.7. The van der Waals surface area contributed by atoms with Crippen molar-refractivity contribution < 1.29 is 0 Å². The summed E-state index contributed by atoms with van der Waals surface area (Å²) in [4.78, 5) is 14.3. The first-order valence-corrected chi connectivity index (χ1v) is 4.97. The zero-order valence-electron chi connectivity index (χ0n) is 8.42. The predicted octanol–water partition coefficient (Wildman–Crippen LogP) is 1.69. The van der Waals surface area contributed by atoms with Crippen LogP contribution in [0.5, 0.6) is 0 Å². The van der Waals surface area contributed by atoms with Crippen LogP contribution in [0, 0.1) is 0 Å². The maximum Gasteiger partial charge on any atom is 0.275 e. The first kappa shape index (κ1) is 8.91. The summed E-state index contributed by atoms with van der Waals surface area (Å²) >= 11 is 0. The topological polar surface area (TPSA) is 50.2 Å². The molecule has 2 heterocycles. The van der Waals surface area contributed by atoms with E-state index in [4.69, 9.17) is 0 Å². The minimum atomic E-state index is -0.126. The fourth-order valence-corrected chi connectivity index (χ4v) is 1.81. The van der Waals surface area contributed by atoms with Crippen molar-refractivity contribution in [3.63, 3.8) is 0 Å². The van der Waals surface area contributed by atoms with Crippen molar-refractivity contribution in [1.29, 1.82) is 0 Å². The highest BCUT2D eigenvalue weighted by molar-refractivity contribution is 5.79. The molecule has 2 aromatic heterocycles. The molecule has 0 saturated carbocycles. The van der Waals surface area contributed by atoms with Crippen molar-refractivity contribution in [1.82, 2.24) is 14.6 Å². The minimum absolute atomic E-state index is 0.126. The standard InChI is InChI=1S/C12H9N3O/c16-12-11-10(9-4-2-1-3-5-9)6-7-15(11)14-8-13-12/h1-8H,(H,13,14,16). The lowest BCUT2D eigenvalue weighted by Gasteiger charge is -1.98. The summed E-state index contributed by atoms with van der Waals surface area (Å²) in [5.74, 6) is 0. The van der Waals surface area contributed by atoms with E-state index in [2.05, 4.69) is 10.1 Å². The van der Waals surface area contributed by atoms with Gasteiger partial charge in [-0.2, -0.15) is 5.10 Å². The Hall–Kier alpha value is -2.36. The van der Waals surface area contributed by atoms with Gasteiger partial charge in [0.15, 0.2) is 0 Å². The third kappa shape index (κ3) is 1.24. The van der Waals surface area contributed by atoms with Gasteiger partial charge in [0.25, 0.3) is 5.56 Å². The molecule has 4 nitrogen and oxygen atoms in total. The summed E-state index contributed by atoms with van der Waals surface area (Å²) in [5.41, 5.74) is 2.37. The van der Waals surface area contributed by atoms with Gasteiger partial charge in [0, 0.05) is 11.8 Å². The van der Waals surface area contributed by atoms with E-state index in [9.17, 15) is 4.79 Å². The van der Waals surface area contributed by atoms with Gasteiger partial charge >= 0.3 is 0 Å². The lowest BCUT2D eigenvalue weighted by atomic mass is 10.1. The summed E-state index contributed by atoms with van der Waals surface area (Å²) in [6.45, 7) is 0. The average molecular weight is 211 g/mol. The van der Waals surface area contributed by atoms with Gasteiger partial charge in [-0.25, -0.2) is 4.52 Å². The smallest absolute Gasteiger partial charge is 0.275 e. The number of hydrogen-bond acceptors (Lipinski definition) is 2. The number of aromatic amines is 1. The van der Waals surface area contributed by atoms with Crippen molar-refractivity contribution >= 4 is 5.52 Å². The van der Waals surface area contributed by atoms with Gasteiger partial charge < -0.3 is 4.98 Å². The maximum atomic E-state index is 11.7. The summed E-state index contributed by atoms with van der Waals surface area (Å²) < 4.78 is 1.58. The molecule has 0 aliphatic rings. The van der Waals surface area contributed by atoms with Crippen LogP contribution in [0.15, 0.2) is 53.7 Å². The van der Waals surface area contributed by atoms with E-state index >= 15 is 0 Å². The average Bonchev–Trinajstić information content (AvgIpc) is 2.75. The number of benzene rings is 1. The van der Waals surface area contributed by atoms with Crippen LogP contribution in [0.2, 0.25) is 0 Å². The molecule has 0 atom stereocenters. The fraction of sp³-hybridized carbons (Fsp3) is 0. The van der Waals surface area contributed by atoms with Crippen LogP contribution in [-0.2, 0) is 0 Å². The van der Waals surface area contributed by atoms with Gasteiger partial charge in [0.2, 0.25) is 0 Å². The lowest BCUT2D eigenvalue weighted by molar-refractivity contribution is 0.889. The highest BCUT2D eigenvalue weighted by Crippen LogP contribution is 2.22. The number of hydrogen-bond donors (Lipinski definition) is 1. The Morgan fingerprint density at radius 3 is 2.75 bits per heavy atom. The van der Waals surface area contributed by atoms with Gasteiger partial charge in [-0.1, -0.05) is 30.3 Å². The molecule has 0 amide bonds. The quantitative estimate of drug-likeness (QED) is 0.665. The molecule has 0 fully saturated rings. The molecule has 0 unspecified atom stereocenters. The molecular weight excluding hydrogens is 202 g/mol. The highest BCUT2D eigenvalue weighted by atomic mass is 16.1. The lowest BCUT2D eigenvalue weighted by Crippen LogP contribution is -2.10. The number of nitrogens with one attached hydrogen (secondary N) is 1. The molecule has 0 aliphatic carbocycles. The van der Waals surface area contributed by atoms with E-state index in [0.29, 0.717) is 5.52 Å². The first-order valence-electron chi connectivity index (χ1n) is 4.97. The van der Waals surface area contributed by atoms with Gasteiger partial charge in [-0.15, -0.1) is 0 Å².